The Morgan fingerprint density at radius 3 is 2.44 bits per heavy atom. The van der Waals surface area contributed by atoms with Crippen LogP contribution >= 0.6 is 0 Å². The number of unbranched alkanes of at least 4 members (excludes halogenated alkanes) is 1. The maximum absolute atomic E-state index is 14.4. The number of benzene rings is 1. The van der Waals surface area contributed by atoms with E-state index in [9.17, 15) is 23.5 Å². The van der Waals surface area contributed by atoms with Gasteiger partial charge in [-0.05, 0) is 24.9 Å². The van der Waals surface area contributed by atoms with Gasteiger partial charge in [-0.15, -0.1) is 0 Å². The third-order valence-electron chi connectivity index (χ3n) is 4.00. The molecule has 152 valence electrons. The fourth-order valence-corrected chi connectivity index (χ4v) is 2.40. The van der Waals surface area contributed by atoms with E-state index in [-0.39, 0.29) is 17.9 Å². The predicted octanol–water partition coefficient (Wildman–Crippen LogP) is 1.62. The van der Waals surface area contributed by atoms with Crippen molar-refractivity contribution in [3.63, 3.8) is 0 Å². The third kappa shape index (κ3) is 7.58. The zero-order chi connectivity index (χ0) is 20.4. The highest BCUT2D eigenvalue weighted by Gasteiger charge is 2.45. The van der Waals surface area contributed by atoms with Gasteiger partial charge in [-0.25, -0.2) is 18.5 Å². The molecule has 0 spiro atoms. The van der Waals surface area contributed by atoms with Gasteiger partial charge in [0.2, 0.25) is 5.91 Å². The molecule has 2 amide bonds. The summed E-state index contributed by atoms with van der Waals surface area (Å²) in [6, 6.07) is 7.38. The number of alkyl halides is 2. The number of hydrogen-bond donors (Lipinski definition) is 3. The summed E-state index contributed by atoms with van der Waals surface area (Å²) in [5, 5.41) is 9.87. The molecule has 1 rings (SSSR count). The number of aliphatic hydroxyl groups is 1. The van der Waals surface area contributed by atoms with Crippen molar-refractivity contribution in [2.45, 2.75) is 50.9 Å². The Hall–Kier alpha value is -2.10. The van der Waals surface area contributed by atoms with Gasteiger partial charge < -0.3 is 21.3 Å². The van der Waals surface area contributed by atoms with E-state index < -0.39 is 36.6 Å². The van der Waals surface area contributed by atoms with Crippen molar-refractivity contribution < 1.29 is 28.2 Å². The summed E-state index contributed by atoms with van der Waals surface area (Å²) in [6.07, 6.45) is -2.20. The first-order valence-corrected chi connectivity index (χ1v) is 8.69. The summed E-state index contributed by atoms with van der Waals surface area (Å²) in [7, 11) is 0. The molecule has 0 radical (unpaired) electrons. The number of nitrogens with two attached hydrogens (primary N) is 2. The first kappa shape index (κ1) is 22.9. The maximum atomic E-state index is 14.4. The lowest BCUT2D eigenvalue weighted by molar-refractivity contribution is -0.147. The van der Waals surface area contributed by atoms with Crippen LogP contribution in [0, 0.1) is 0 Å². The molecule has 0 bridgehead atoms. The van der Waals surface area contributed by atoms with Crippen LogP contribution < -0.4 is 11.5 Å². The molecular weight excluding hydrogens is 360 g/mol. The van der Waals surface area contributed by atoms with Crippen LogP contribution in [0.5, 0.6) is 0 Å². The lowest BCUT2D eigenvalue weighted by atomic mass is 9.99. The lowest BCUT2D eigenvalue weighted by Gasteiger charge is -2.30. The van der Waals surface area contributed by atoms with Gasteiger partial charge in [0.15, 0.2) is 0 Å². The van der Waals surface area contributed by atoms with Gasteiger partial charge in [0.05, 0.1) is 6.54 Å². The van der Waals surface area contributed by atoms with E-state index in [1.54, 1.807) is 30.3 Å². The molecule has 9 heteroatoms. The summed E-state index contributed by atoms with van der Waals surface area (Å²) in [4.78, 5) is 24.0. The minimum Gasteiger partial charge on any atom is -0.444 e. The van der Waals surface area contributed by atoms with E-state index in [2.05, 4.69) is 0 Å². The summed E-state index contributed by atoms with van der Waals surface area (Å²) >= 11 is 0. The van der Waals surface area contributed by atoms with Crippen molar-refractivity contribution in [2.75, 3.05) is 13.1 Å². The Labute approximate surface area is 157 Å². The monoisotopic (exact) mass is 387 g/mol. The van der Waals surface area contributed by atoms with Crippen LogP contribution in [0.2, 0.25) is 0 Å². The van der Waals surface area contributed by atoms with Gasteiger partial charge in [0, 0.05) is 13.0 Å². The minimum absolute atomic E-state index is 0.145. The highest BCUT2D eigenvalue weighted by Crippen LogP contribution is 2.24. The molecule has 5 N–H and O–H groups in total. The molecule has 0 fully saturated rings. The molecule has 7 nitrogen and oxygen atoms in total. The number of halogens is 2. The van der Waals surface area contributed by atoms with Crippen LogP contribution in [-0.2, 0) is 16.1 Å². The number of carbonyl (C=O) groups excluding carboxylic acids is 2. The Kier molecular flexibility index (Phi) is 9.27. The molecule has 0 aliphatic rings. The Morgan fingerprint density at radius 1 is 1.26 bits per heavy atom. The van der Waals surface area contributed by atoms with Crippen LogP contribution in [-0.4, -0.2) is 53.2 Å². The second-order valence-corrected chi connectivity index (χ2v) is 6.30. The van der Waals surface area contributed by atoms with Crippen molar-refractivity contribution in [1.29, 1.82) is 0 Å². The summed E-state index contributed by atoms with van der Waals surface area (Å²) in [5.41, 5.74) is 11.6. The average Bonchev–Trinajstić information content (AvgIpc) is 2.64. The number of rotatable bonds is 10. The second kappa shape index (κ2) is 10.9. The van der Waals surface area contributed by atoms with Gasteiger partial charge in [-0.1, -0.05) is 36.8 Å². The van der Waals surface area contributed by atoms with Crippen LogP contribution in [0.4, 0.5) is 13.6 Å². The zero-order valence-corrected chi connectivity index (χ0v) is 15.3. The van der Waals surface area contributed by atoms with Gasteiger partial charge in [-0.2, -0.15) is 0 Å². The number of nitrogens with zero attached hydrogens (tertiary/aromatic N) is 1. The predicted molar refractivity (Wildman–Crippen MR) is 95.8 cm³/mol. The van der Waals surface area contributed by atoms with Gasteiger partial charge >= 0.3 is 6.09 Å². The number of ether oxygens (including phenoxy) is 1. The van der Waals surface area contributed by atoms with Crippen molar-refractivity contribution in [3.8, 4) is 0 Å². The molecule has 2 unspecified atom stereocenters. The van der Waals surface area contributed by atoms with Crippen molar-refractivity contribution in [3.05, 3.63) is 35.9 Å². The number of aliphatic hydroxyl groups excluding tert-OH is 1. The topological polar surface area (TPSA) is 119 Å². The highest BCUT2D eigenvalue weighted by atomic mass is 19.3. The normalized spacial score (nSPS) is 13.7. The quantitative estimate of drug-likeness (QED) is 0.525. The van der Waals surface area contributed by atoms with E-state index in [0.717, 1.165) is 6.92 Å². The van der Waals surface area contributed by atoms with E-state index in [1.807, 2.05) is 0 Å². The van der Waals surface area contributed by atoms with Gasteiger partial charge in [0.25, 0.3) is 5.92 Å². The second-order valence-electron chi connectivity index (χ2n) is 6.30. The van der Waals surface area contributed by atoms with Crippen LogP contribution in [0.1, 0.15) is 31.7 Å². The lowest BCUT2D eigenvalue weighted by Crippen LogP contribution is -2.54. The number of carbonyl (C=O) groups is 2. The molecular formula is C18H27F2N3O4. The third-order valence-corrected chi connectivity index (χ3v) is 4.00. The fraction of sp³-hybridized carbons (Fsp3) is 0.556. The van der Waals surface area contributed by atoms with E-state index >= 15 is 0 Å². The minimum atomic E-state index is -3.78. The van der Waals surface area contributed by atoms with Crippen molar-refractivity contribution in [2.24, 2.45) is 11.5 Å². The zero-order valence-electron chi connectivity index (χ0n) is 15.3. The number of amides is 2. The maximum Gasteiger partial charge on any atom is 0.417 e. The summed E-state index contributed by atoms with van der Waals surface area (Å²) in [6.45, 7) is -0.129. The first-order chi connectivity index (χ1) is 12.7. The largest absolute Gasteiger partial charge is 0.444 e. The molecule has 0 saturated heterocycles. The highest BCUT2D eigenvalue weighted by molar-refractivity contribution is 5.90. The van der Waals surface area contributed by atoms with E-state index in [4.69, 9.17) is 16.2 Å². The average molecular weight is 387 g/mol. The van der Waals surface area contributed by atoms with Crippen LogP contribution in [0.15, 0.2) is 30.3 Å². The molecule has 2 atom stereocenters. The first-order valence-electron chi connectivity index (χ1n) is 8.69. The fourth-order valence-electron chi connectivity index (χ4n) is 2.40. The number of imide groups is 1. The SMILES string of the molecule is CC(=O)N(CC(F)(F)C(O)C(N)CCCCN)C(=O)OCc1ccccc1. The van der Waals surface area contributed by atoms with Gasteiger partial charge in [0.1, 0.15) is 12.7 Å². The van der Waals surface area contributed by atoms with Gasteiger partial charge in [-0.3, -0.25) is 4.79 Å². The summed E-state index contributed by atoms with van der Waals surface area (Å²) < 4.78 is 33.6. The summed E-state index contributed by atoms with van der Waals surface area (Å²) in [5.74, 6) is -4.70. The molecule has 27 heavy (non-hydrogen) atoms. The molecule has 0 heterocycles. The molecule has 1 aromatic rings. The Bertz CT molecular complexity index is 602. The van der Waals surface area contributed by atoms with Crippen molar-refractivity contribution >= 4 is 12.0 Å². The molecule has 0 aliphatic heterocycles. The van der Waals surface area contributed by atoms with E-state index in [1.165, 1.54) is 0 Å². The Balaban J connectivity index is 2.69. The molecule has 0 aliphatic carbocycles. The van der Waals surface area contributed by atoms with Crippen LogP contribution in [0.25, 0.3) is 0 Å². The molecule has 1 aromatic carbocycles. The Morgan fingerprint density at radius 2 is 1.89 bits per heavy atom. The smallest absolute Gasteiger partial charge is 0.417 e. The molecule has 0 aromatic heterocycles. The number of hydrogen-bond acceptors (Lipinski definition) is 6. The van der Waals surface area contributed by atoms with E-state index in [0.29, 0.717) is 24.9 Å². The van der Waals surface area contributed by atoms with Crippen molar-refractivity contribution in [1.82, 2.24) is 4.90 Å². The standard InChI is InChI=1S/C18H27F2N3O4/c1-13(24)23(17(26)27-11-14-7-3-2-4-8-14)12-18(19,20)16(25)15(22)9-5-6-10-21/h2-4,7-8,15-16,25H,5-6,9-12,21-22H2,1H3. The molecule has 0 saturated carbocycles. The van der Waals surface area contributed by atoms with Crippen LogP contribution in [0.3, 0.4) is 0 Å².